The van der Waals surface area contributed by atoms with Gasteiger partial charge in [-0.15, -0.1) is 0 Å². The molecule has 0 aromatic carbocycles. The lowest BCUT2D eigenvalue weighted by Crippen LogP contribution is -2.08. The second kappa shape index (κ2) is 3.18. The first-order valence-corrected chi connectivity index (χ1v) is 4.85. The summed E-state index contributed by atoms with van der Waals surface area (Å²) < 4.78 is 8.40. The van der Waals surface area contributed by atoms with Gasteiger partial charge in [-0.1, -0.05) is 0 Å². The van der Waals surface area contributed by atoms with Crippen molar-refractivity contribution in [2.24, 2.45) is 0 Å². The lowest BCUT2D eigenvalue weighted by Gasteiger charge is -2.10. The smallest absolute Gasteiger partial charge is 0.124 e. The van der Waals surface area contributed by atoms with Crippen LogP contribution in [0.1, 0.15) is 18.3 Å². The largest absolute Gasteiger partial charge is 0.379 e. The number of rotatable bonds is 1. The first kappa shape index (κ1) is 8.26. The van der Waals surface area contributed by atoms with Crippen LogP contribution >= 0.6 is 15.9 Å². The molecule has 12 heavy (non-hydrogen) atoms. The van der Waals surface area contributed by atoms with E-state index in [-0.39, 0.29) is 0 Å². The van der Waals surface area contributed by atoms with Crippen molar-refractivity contribution in [2.45, 2.75) is 19.4 Å². The molecular formula is C8H11BrN2O. The van der Waals surface area contributed by atoms with Gasteiger partial charge < -0.3 is 9.30 Å². The van der Waals surface area contributed by atoms with E-state index in [0.29, 0.717) is 6.04 Å². The van der Waals surface area contributed by atoms with E-state index in [9.17, 15) is 0 Å². The molecule has 3 nitrogen and oxygen atoms in total. The van der Waals surface area contributed by atoms with Crippen LogP contribution in [0, 0.1) is 6.92 Å². The molecule has 1 aromatic rings. The summed E-state index contributed by atoms with van der Waals surface area (Å²) in [6.07, 6.45) is 3.12. The molecule has 0 spiro atoms. The third-order valence-electron chi connectivity index (χ3n) is 2.19. The molecular weight excluding hydrogens is 220 g/mol. The molecule has 1 unspecified atom stereocenters. The van der Waals surface area contributed by atoms with Crippen molar-refractivity contribution in [3.8, 4) is 0 Å². The Labute approximate surface area is 79.9 Å². The second-order valence-electron chi connectivity index (χ2n) is 3.04. The van der Waals surface area contributed by atoms with Crippen LogP contribution < -0.4 is 0 Å². The van der Waals surface area contributed by atoms with Gasteiger partial charge in [-0.3, -0.25) is 0 Å². The van der Waals surface area contributed by atoms with Crippen LogP contribution in [0.2, 0.25) is 0 Å². The minimum atomic E-state index is 0.490. The van der Waals surface area contributed by atoms with E-state index in [0.717, 1.165) is 30.1 Å². The number of aryl methyl sites for hydroxylation is 1. The summed E-state index contributed by atoms with van der Waals surface area (Å²) in [5.41, 5.74) is 0. The summed E-state index contributed by atoms with van der Waals surface area (Å²) in [7, 11) is 0. The van der Waals surface area contributed by atoms with Crippen molar-refractivity contribution in [3.05, 3.63) is 16.6 Å². The highest BCUT2D eigenvalue weighted by molar-refractivity contribution is 9.10. The van der Waals surface area contributed by atoms with E-state index in [1.807, 2.05) is 13.1 Å². The van der Waals surface area contributed by atoms with Gasteiger partial charge in [0.1, 0.15) is 10.4 Å². The minimum Gasteiger partial charge on any atom is -0.379 e. The molecule has 0 amide bonds. The molecule has 1 aliphatic heterocycles. The molecule has 0 N–H and O–H groups in total. The van der Waals surface area contributed by atoms with Gasteiger partial charge in [0, 0.05) is 12.8 Å². The number of nitrogens with zero attached hydrogens (tertiary/aromatic N) is 2. The predicted molar refractivity (Wildman–Crippen MR) is 49.1 cm³/mol. The van der Waals surface area contributed by atoms with E-state index >= 15 is 0 Å². The molecule has 1 atom stereocenters. The molecule has 0 bridgehead atoms. The van der Waals surface area contributed by atoms with Crippen LogP contribution in [0.4, 0.5) is 0 Å². The summed E-state index contributed by atoms with van der Waals surface area (Å²) in [5, 5.41) is 0. The highest BCUT2D eigenvalue weighted by atomic mass is 79.9. The summed E-state index contributed by atoms with van der Waals surface area (Å²) in [5.74, 6) is 1.05. The van der Waals surface area contributed by atoms with Crippen LogP contribution in [0.5, 0.6) is 0 Å². The van der Waals surface area contributed by atoms with Gasteiger partial charge in [0.25, 0.3) is 0 Å². The van der Waals surface area contributed by atoms with Crippen LogP contribution in [0.25, 0.3) is 0 Å². The lowest BCUT2D eigenvalue weighted by atomic mass is 10.2. The van der Waals surface area contributed by atoms with Crippen molar-refractivity contribution < 1.29 is 4.74 Å². The molecule has 2 rings (SSSR count). The zero-order valence-corrected chi connectivity index (χ0v) is 8.54. The zero-order valence-electron chi connectivity index (χ0n) is 6.96. The van der Waals surface area contributed by atoms with Gasteiger partial charge in [0.15, 0.2) is 0 Å². The Morgan fingerprint density at radius 2 is 2.58 bits per heavy atom. The average molecular weight is 231 g/mol. The number of imidazole rings is 1. The molecule has 1 aliphatic rings. The molecule has 66 valence electrons. The summed E-state index contributed by atoms with van der Waals surface area (Å²) in [4.78, 5) is 4.28. The Hall–Kier alpha value is -0.350. The van der Waals surface area contributed by atoms with Gasteiger partial charge in [-0.2, -0.15) is 0 Å². The summed E-state index contributed by atoms with van der Waals surface area (Å²) in [6.45, 7) is 3.71. The third kappa shape index (κ3) is 1.41. The van der Waals surface area contributed by atoms with Crippen molar-refractivity contribution in [1.29, 1.82) is 0 Å². The van der Waals surface area contributed by atoms with E-state index in [4.69, 9.17) is 4.74 Å². The van der Waals surface area contributed by atoms with Crippen LogP contribution in [0.15, 0.2) is 10.8 Å². The number of hydrogen-bond donors (Lipinski definition) is 0. The van der Waals surface area contributed by atoms with Crippen molar-refractivity contribution >= 4 is 15.9 Å². The topological polar surface area (TPSA) is 27.1 Å². The highest BCUT2D eigenvalue weighted by Gasteiger charge is 2.19. The van der Waals surface area contributed by atoms with E-state index in [1.54, 1.807) is 0 Å². The molecule has 0 saturated carbocycles. The SMILES string of the molecule is Cc1nc(Br)cn1C1CCOC1. The molecule has 0 aliphatic carbocycles. The van der Waals surface area contributed by atoms with Crippen LogP contribution in [-0.2, 0) is 4.74 Å². The molecule has 0 radical (unpaired) electrons. The van der Waals surface area contributed by atoms with Crippen LogP contribution in [0.3, 0.4) is 0 Å². The number of ether oxygens (including phenoxy) is 1. The van der Waals surface area contributed by atoms with Crippen molar-refractivity contribution in [2.75, 3.05) is 13.2 Å². The molecule has 4 heteroatoms. The Kier molecular flexibility index (Phi) is 2.19. The van der Waals surface area contributed by atoms with Crippen LogP contribution in [-0.4, -0.2) is 22.8 Å². The highest BCUT2D eigenvalue weighted by Crippen LogP contribution is 2.22. The van der Waals surface area contributed by atoms with Crippen molar-refractivity contribution in [3.63, 3.8) is 0 Å². The van der Waals surface area contributed by atoms with Crippen molar-refractivity contribution in [1.82, 2.24) is 9.55 Å². The maximum absolute atomic E-state index is 5.31. The number of halogens is 1. The minimum absolute atomic E-state index is 0.490. The van der Waals surface area contributed by atoms with Gasteiger partial charge in [-0.05, 0) is 29.3 Å². The van der Waals surface area contributed by atoms with E-state index in [1.165, 1.54) is 0 Å². The fraction of sp³-hybridized carbons (Fsp3) is 0.625. The Morgan fingerprint density at radius 3 is 3.08 bits per heavy atom. The summed E-state index contributed by atoms with van der Waals surface area (Å²) >= 11 is 3.36. The number of hydrogen-bond acceptors (Lipinski definition) is 2. The first-order chi connectivity index (χ1) is 5.77. The zero-order chi connectivity index (χ0) is 8.55. The monoisotopic (exact) mass is 230 g/mol. The first-order valence-electron chi connectivity index (χ1n) is 4.06. The maximum Gasteiger partial charge on any atom is 0.124 e. The number of aromatic nitrogens is 2. The lowest BCUT2D eigenvalue weighted by molar-refractivity contribution is 0.186. The maximum atomic E-state index is 5.31. The third-order valence-corrected chi connectivity index (χ3v) is 2.57. The predicted octanol–water partition coefficient (Wildman–Crippen LogP) is 1.92. The fourth-order valence-corrected chi connectivity index (χ4v) is 2.04. The molecule has 1 fully saturated rings. The average Bonchev–Trinajstić information content (AvgIpc) is 2.58. The normalized spacial score (nSPS) is 23.3. The Morgan fingerprint density at radius 1 is 1.75 bits per heavy atom. The second-order valence-corrected chi connectivity index (χ2v) is 3.85. The van der Waals surface area contributed by atoms with E-state index in [2.05, 4.69) is 25.5 Å². The van der Waals surface area contributed by atoms with E-state index < -0.39 is 0 Å². The van der Waals surface area contributed by atoms with Gasteiger partial charge in [0.2, 0.25) is 0 Å². The Balaban J connectivity index is 2.25. The molecule has 1 aromatic heterocycles. The quantitative estimate of drug-likeness (QED) is 0.738. The fourth-order valence-electron chi connectivity index (χ4n) is 1.56. The standard InChI is InChI=1S/C8H11BrN2O/c1-6-10-8(9)4-11(6)7-2-3-12-5-7/h4,7H,2-3,5H2,1H3. The summed E-state index contributed by atoms with van der Waals surface area (Å²) in [6, 6.07) is 0.490. The van der Waals surface area contributed by atoms with Gasteiger partial charge in [0.05, 0.1) is 12.6 Å². The van der Waals surface area contributed by atoms with Gasteiger partial charge >= 0.3 is 0 Å². The Bertz CT molecular complexity index is 279. The van der Waals surface area contributed by atoms with Gasteiger partial charge in [-0.25, -0.2) is 4.98 Å². The molecule has 1 saturated heterocycles. The molecule has 2 heterocycles.